The molecule has 0 saturated heterocycles. The Morgan fingerprint density at radius 1 is 1.62 bits per heavy atom. The van der Waals surface area contributed by atoms with Gasteiger partial charge in [-0.15, -0.1) is 0 Å². The maximum Gasteiger partial charge on any atom is 0.221 e. The fourth-order valence-electron chi connectivity index (χ4n) is 1.09. The predicted molar refractivity (Wildman–Crippen MR) is 50.1 cm³/mol. The average molecular weight is 177 g/mol. The van der Waals surface area contributed by atoms with E-state index in [1.54, 1.807) is 18.2 Å². The molecule has 0 fully saturated rings. The van der Waals surface area contributed by atoms with Crippen LogP contribution in [0.25, 0.3) is 0 Å². The first-order valence-electron chi connectivity index (χ1n) is 3.91. The highest BCUT2D eigenvalue weighted by Gasteiger charge is 2.04. The molecule has 0 spiro atoms. The molecule has 1 aromatic rings. The second kappa shape index (κ2) is 4.05. The summed E-state index contributed by atoms with van der Waals surface area (Å²) < 4.78 is 0. The van der Waals surface area contributed by atoms with Crippen LogP contribution < -0.4 is 5.32 Å². The minimum Gasteiger partial charge on any atom is -0.392 e. The zero-order valence-corrected chi connectivity index (χ0v) is 7.37. The lowest BCUT2D eigenvalue weighted by Crippen LogP contribution is -2.08. The summed E-state index contributed by atoms with van der Waals surface area (Å²) in [5, 5.41) is 11.6. The third-order valence-electron chi connectivity index (χ3n) is 1.68. The number of carbonyl (C=O) groups excluding carboxylic acids is 1. The number of hydrogen-bond donors (Lipinski definition) is 2. The first kappa shape index (κ1) is 9.74. The number of aliphatic hydroxyl groups excluding tert-OH is 1. The maximum atomic E-state index is 10.8. The van der Waals surface area contributed by atoms with Crippen molar-refractivity contribution in [3.63, 3.8) is 0 Å². The molecule has 2 radical (unpaired) electrons. The molecule has 0 aliphatic rings. The van der Waals surface area contributed by atoms with Gasteiger partial charge in [0.2, 0.25) is 5.91 Å². The largest absolute Gasteiger partial charge is 0.392 e. The molecule has 68 valence electrons. The lowest BCUT2D eigenvalue weighted by molar-refractivity contribution is -0.114. The molecule has 0 heterocycles. The highest BCUT2D eigenvalue weighted by molar-refractivity contribution is 5.89. The lowest BCUT2D eigenvalue weighted by atomic mass is 10.1. The summed E-state index contributed by atoms with van der Waals surface area (Å²) in [7, 11) is 0. The third-order valence-corrected chi connectivity index (χ3v) is 1.68. The van der Waals surface area contributed by atoms with E-state index in [4.69, 9.17) is 12.0 Å². The van der Waals surface area contributed by atoms with Crippen molar-refractivity contribution in [2.75, 3.05) is 5.32 Å². The Morgan fingerprint density at radius 2 is 2.31 bits per heavy atom. The molecule has 3 heteroatoms. The van der Waals surface area contributed by atoms with E-state index >= 15 is 0 Å². The van der Waals surface area contributed by atoms with Crippen molar-refractivity contribution in [3.8, 4) is 0 Å². The van der Waals surface area contributed by atoms with Gasteiger partial charge in [-0.2, -0.15) is 0 Å². The summed E-state index contributed by atoms with van der Waals surface area (Å²) in [6, 6.07) is 5.10. The van der Waals surface area contributed by atoms with Crippen LogP contribution in [-0.2, 0) is 11.4 Å². The number of nitrogens with one attached hydrogen (secondary N) is 1. The fourth-order valence-corrected chi connectivity index (χ4v) is 1.09. The number of carbonyl (C=O) groups is 1. The van der Waals surface area contributed by atoms with Gasteiger partial charge >= 0.3 is 0 Å². The molecule has 0 unspecified atom stereocenters. The zero-order valence-electron chi connectivity index (χ0n) is 7.37. The number of anilines is 1. The molecule has 1 rings (SSSR count). The van der Waals surface area contributed by atoms with E-state index in [0.717, 1.165) is 0 Å². The van der Waals surface area contributed by atoms with E-state index in [1.807, 2.05) is 0 Å². The van der Waals surface area contributed by atoms with E-state index in [0.29, 0.717) is 16.8 Å². The van der Waals surface area contributed by atoms with Gasteiger partial charge in [0.25, 0.3) is 0 Å². The van der Waals surface area contributed by atoms with Gasteiger partial charge in [-0.25, -0.2) is 0 Å². The SMILES string of the molecule is [CH]c1cccc(NC(C)=O)c1CO. The third kappa shape index (κ3) is 2.29. The van der Waals surface area contributed by atoms with Gasteiger partial charge < -0.3 is 10.4 Å². The Bertz CT molecular complexity index is 321. The number of rotatable bonds is 2. The van der Waals surface area contributed by atoms with Gasteiger partial charge in [-0.3, -0.25) is 4.79 Å². The number of benzene rings is 1. The molecule has 0 atom stereocenters. The minimum absolute atomic E-state index is 0.178. The molecular formula is C10H11NO2. The molecule has 1 amide bonds. The van der Waals surface area contributed by atoms with Gasteiger partial charge in [0.15, 0.2) is 0 Å². The van der Waals surface area contributed by atoms with Crippen LogP contribution in [0.1, 0.15) is 18.1 Å². The topological polar surface area (TPSA) is 49.3 Å². The first-order chi connectivity index (χ1) is 6.15. The van der Waals surface area contributed by atoms with E-state index in [2.05, 4.69) is 5.32 Å². The predicted octanol–water partition coefficient (Wildman–Crippen LogP) is 1.20. The van der Waals surface area contributed by atoms with Gasteiger partial charge in [0.1, 0.15) is 0 Å². The second-order valence-corrected chi connectivity index (χ2v) is 2.71. The molecule has 0 aliphatic heterocycles. The molecule has 0 saturated carbocycles. The summed E-state index contributed by atoms with van der Waals surface area (Å²) in [5.74, 6) is -0.180. The van der Waals surface area contributed by atoms with Crippen molar-refractivity contribution in [2.24, 2.45) is 0 Å². The summed E-state index contributed by atoms with van der Waals surface area (Å²) in [4.78, 5) is 10.8. The van der Waals surface area contributed by atoms with Crippen LogP contribution in [-0.4, -0.2) is 11.0 Å². The normalized spacial score (nSPS) is 9.77. The lowest BCUT2D eigenvalue weighted by Gasteiger charge is -2.09. The highest BCUT2D eigenvalue weighted by atomic mass is 16.3. The molecule has 3 nitrogen and oxygen atoms in total. The Balaban J connectivity index is 3.05. The van der Waals surface area contributed by atoms with Gasteiger partial charge in [-0.1, -0.05) is 12.1 Å². The smallest absolute Gasteiger partial charge is 0.221 e. The van der Waals surface area contributed by atoms with Crippen LogP contribution in [0.4, 0.5) is 5.69 Å². The van der Waals surface area contributed by atoms with Crippen molar-refractivity contribution in [1.29, 1.82) is 0 Å². The number of aliphatic hydroxyl groups is 1. The van der Waals surface area contributed by atoms with Crippen LogP contribution in [0.15, 0.2) is 18.2 Å². The fraction of sp³-hybridized carbons (Fsp3) is 0.200. The summed E-state index contributed by atoms with van der Waals surface area (Å²) >= 11 is 0. The van der Waals surface area contributed by atoms with Gasteiger partial charge in [-0.05, 0) is 18.6 Å². The van der Waals surface area contributed by atoms with Crippen molar-refractivity contribution < 1.29 is 9.90 Å². The highest BCUT2D eigenvalue weighted by Crippen LogP contribution is 2.18. The van der Waals surface area contributed by atoms with E-state index in [-0.39, 0.29) is 12.5 Å². The van der Waals surface area contributed by atoms with Crippen molar-refractivity contribution in [2.45, 2.75) is 13.5 Å². The number of amides is 1. The molecule has 2 N–H and O–H groups in total. The van der Waals surface area contributed by atoms with Gasteiger partial charge in [0.05, 0.1) is 6.61 Å². The average Bonchev–Trinajstić information content (AvgIpc) is 2.03. The molecular weight excluding hydrogens is 166 g/mol. The molecule has 13 heavy (non-hydrogen) atoms. The van der Waals surface area contributed by atoms with Crippen LogP contribution in [0.3, 0.4) is 0 Å². The summed E-state index contributed by atoms with van der Waals surface area (Å²) in [6.07, 6.45) is 0. The minimum atomic E-state index is -0.180. The van der Waals surface area contributed by atoms with E-state index in [9.17, 15) is 4.79 Å². The Kier molecular flexibility index (Phi) is 3.03. The molecule has 0 bridgehead atoms. The quantitative estimate of drug-likeness (QED) is 0.713. The van der Waals surface area contributed by atoms with Gasteiger partial charge in [0, 0.05) is 18.2 Å². The van der Waals surface area contributed by atoms with Crippen LogP contribution in [0.2, 0.25) is 0 Å². The van der Waals surface area contributed by atoms with Crippen molar-refractivity contribution >= 4 is 11.6 Å². The van der Waals surface area contributed by atoms with Crippen LogP contribution in [0.5, 0.6) is 0 Å². The van der Waals surface area contributed by atoms with Crippen molar-refractivity contribution in [3.05, 3.63) is 36.2 Å². The van der Waals surface area contributed by atoms with Crippen LogP contribution >= 0.6 is 0 Å². The molecule has 0 aromatic heterocycles. The molecule has 1 aromatic carbocycles. The second-order valence-electron chi connectivity index (χ2n) is 2.71. The maximum absolute atomic E-state index is 10.8. The van der Waals surface area contributed by atoms with E-state index in [1.165, 1.54) is 6.92 Å². The Hall–Kier alpha value is -1.35. The number of hydrogen-bond acceptors (Lipinski definition) is 2. The van der Waals surface area contributed by atoms with Crippen molar-refractivity contribution in [1.82, 2.24) is 0 Å². The first-order valence-corrected chi connectivity index (χ1v) is 3.91. The standard InChI is InChI=1S/C10H11NO2/c1-7-4-3-5-10(9(7)6-12)11-8(2)13/h1,3-5,12H,6H2,2H3,(H,11,13). The Labute approximate surface area is 77.4 Å². The van der Waals surface area contributed by atoms with E-state index < -0.39 is 0 Å². The summed E-state index contributed by atoms with van der Waals surface area (Å²) in [5.41, 5.74) is 1.60. The van der Waals surface area contributed by atoms with Crippen LogP contribution in [0, 0.1) is 6.92 Å². The Morgan fingerprint density at radius 3 is 2.85 bits per heavy atom. The summed E-state index contributed by atoms with van der Waals surface area (Å²) in [6.45, 7) is 6.83. The zero-order chi connectivity index (χ0) is 9.84. The molecule has 0 aliphatic carbocycles. The monoisotopic (exact) mass is 177 g/mol.